The molecule has 1 aromatic heterocycles. The first kappa shape index (κ1) is 22.2. The topological polar surface area (TPSA) is 57.7 Å². The predicted molar refractivity (Wildman–Crippen MR) is 134 cm³/mol. The van der Waals surface area contributed by atoms with Gasteiger partial charge >= 0.3 is 6.09 Å². The highest BCUT2D eigenvalue weighted by atomic mass is 32.1. The number of nitrogens with zero attached hydrogens (tertiary/aromatic N) is 3. The number of hydrogen-bond donors (Lipinski definition) is 1. The fraction of sp³-hybridized carbons (Fsp3) is 0.462. The number of rotatable bonds is 6. The predicted octanol–water partition coefficient (Wildman–Crippen LogP) is 5.16. The van der Waals surface area contributed by atoms with Crippen LogP contribution in [-0.2, 0) is 0 Å². The van der Waals surface area contributed by atoms with Gasteiger partial charge in [0.05, 0.1) is 4.70 Å². The molecule has 1 aliphatic carbocycles. The Morgan fingerprint density at radius 1 is 0.970 bits per heavy atom. The summed E-state index contributed by atoms with van der Waals surface area (Å²) in [6.07, 6.45) is 5.36. The van der Waals surface area contributed by atoms with E-state index < -0.39 is 0 Å². The van der Waals surface area contributed by atoms with Crippen LogP contribution in [0.3, 0.4) is 0 Å². The van der Waals surface area contributed by atoms with Gasteiger partial charge in [0, 0.05) is 37.6 Å². The molecule has 0 atom stereocenters. The number of piperazine rings is 1. The first-order chi connectivity index (χ1) is 16.2. The van der Waals surface area contributed by atoms with E-state index in [4.69, 9.17) is 9.11 Å². The maximum atomic E-state index is 12.1. The Bertz CT molecular complexity index is 1040. The van der Waals surface area contributed by atoms with Crippen molar-refractivity contribution < 1.29 is 9.53 Å². The molecular weight excluding hydrogens is 432 g/mol. The second-order valence-corrected chi connectivity index (χ2v) is 9.99. The number of aromatic nitrogens is 1. The number of carbonyl (C=O) groups excluding carboxylic acids is 1. The number of fused-ring (bicyclic) bond motifs is 1. The molecule has 1 aliphatic heterocycles. The molecule has 3 aromatic rings. The van der Waals surface area contributed by atoms with Crippen molar-refractivity contribution in [2.45, 2.75) is 38.1 Å². The minimum atomic E-state index is -0.338. The molecule has 6 nitrogen and oxygen atoms in total. The van der Waals surface area contributed by atoms with Crippen LogP contribution in [0.5, 0.6) is 5.75 Å². The highest BCUT2D eigenvalue weighted by molar-refractivity contribution is 7.13. The van der Waals surface area contributed by atoms with Crippen molar-refractivity contribution in [1.29, 1.82) is 0 Å². The van der Waals surface area contributed by atoms with Crippen LogP contribution >= 0.6 is 11.5 Å². The number of benzene rings is 2. The molecule has 33 heavy (non-hydrogen) atoms. The van der Waals surface area contributed by atoms with Gasteiger partial charge in [-0.2, -0.15) is 4.37 Å². The smallest absolute Gasteiger partial charge is 0.410 e. The van der Waals surface area contributed by atoms with Gasteiger partial charge in [0.1, 0.15) is 11.6 Å². The van der Waals surface area contributed by atoms with E-state index in [2.05, 4.69) is 39.4 Å². The molecule has 0 unspecified atom stereocenters. The van der Waals surface area contributed by atoms with Crippen LogP contribution in [0.2, 0.25) is 0 Å². The van der Waals surface area contributed by atoms with Crippen molar-refractivity contribution in [1.82, 2.24) is 14.6 Å². The zero-order valence-corrected chi connectivity index (χ0v) is 19.8. The van der Waals surface area contributed by atoms with Gasteiger partial charge < -0.3 is 15.0 Å². The maximum Gasteiger partial charge on any atom is 0.412 e. The summed E-state index contributed by atoms with van der Waals surface area (Å²) in [6.45, 7) is 5.48. The molecule has 2 fully saturated rings. The zero-order chi connectivity index (χ0) is 22.5. The molecule has 0 bridgehead atoms. The highest BCUT2D eigenvalue weighted by Gasteiger charge is 2.25. The van der Waals surface area contributed by atoms with Gasteiger partial charge in [0.15, 0.2) is 0 Å². The third-order valence-electron chi connectivity index (χ3n) is 7.01. The lowest BCUT2D eigenvalue weighted by Crippen LogP contribution is -2.47. The SMILES string of the molecule is O=C(NC1CCC(CCN2CCN(c3nsc4ccccc34)CC2)CC1)Oc1ccccc1. The molecule has 2 heterocycles. The van der Waals surface area contributed by atoms with E-state index in [0.29, 0.717) is 5.75 Å². The lowest BCUT2D eigenvalue weighted by molar-refractivity contribution is 0.182. The number of carbonyl (C=O) groups is 1. The zero-order valence-electron chi connectivity index (χ0n) is 19.0. The number of ether oxygens (including phenoxy) is 1. The summed E-state index contributed by atoms with van der Waals surface area (Å²) in [7, 11) is 0. The van der Waals surface area contributed by atoms with E-state index >= 15 is 0 Å². The van der Waals surface area contributed by atoms with Crippen molar-refractivity contribution in [3.05, 3.63) is 54.6 Å². The molecule has 0 spiro atoms. The van der Waals surface area contributed by atoms with Crippen LogP contribution in [0.25, 0.3) is 10.1 Å². The van der Waals surface area contributed by atoms with Crippen LogP contribution in [-0.4, -0.2) is 54.1 Å². The number of nitrogens with one attached hydrogen (secondary N) is 1. The van der Waals surface area contributed by atoms with Gasteiger partial charge in [-0.1, -0.05) is 30.3 Å². The minimum Gasteiger partial charge on any atom is -0.410 e. The first-order valence-electron chi connectivity index (χ1n) is 12.1. The molecule has 5 rings (SSSR count). The third kappa shape index (κ3) is 5.65. The number of para-hydroxylation sites is 1. The molecule has 2 aromatic carbocycles. The summed E-state index contributed by atoms with van der Waals surface area (Å²) in [6, 6.07) is 18.0. The Balaban J connectivity index is 1.00. The number of hydrogen-bond acceptors (Lipinski definition) is 6. The Hall–Kier alpha value is -2.64. The number of amides is 1. The molecule has 1 saturated heterocycles. The molecular formula is C26H32N4O2S. The molecule has 1 amide bonds. The Labute approximate surface area is 199 Å². The molecule has 174 valence electrons. The standard InChI is InChI=1S/C26H32N4O2S/c31-26(32-22-6-2-1-3-7-22)27-21-12-10-20(11-13-21)14-15-29-16-18-30(19-17-29)25-23-8-4-5-9-24(23)33-28-25/h1-9,20-21H,10-19H2,(H,27,31). The van der Waals surface area contributed by atoms with Gasteiger partial charge in [0.2, 0.25) is 0 Å². The average molecular weight is 465 g/mol. The number of anilines is 1. The van der Waals surface area contributed by atoms with Crippen LogP contribution in [0, 0.1) is 5.92 Å². The molecule has 0 radical (unpaired) electrons. The second kappa shape index (κ2) is 10.5. The van der Waals surface area contributed by atoms with E-state index in [1.807, 2.05) is 18.2 Å². The average Bonchev–Trinajstić information content (AvgIpc) is 3.29. The summed E-state index contributed by atoms with van der Waals surface area (Å²) in [4.78, 5) is 17.2. The van der Waals surface area contributed by atoms with E-state index in [0.717, 1.165) is 50.8 Å². The van der Waals surface area contributed by atoms with Crippen molar-refractivity contribution >= 4 is 33.5 Å². The monoisotopic (exact) mass is 464 g/mol. The first-order valence-corrected chi connectivity index (χ1v) is 12.9. The minimum absolute atomic E-state index is 0.231. The summed E-state index contributed by atoms with van der Waals surface area (Å²) in [5.41, 5.74) is 0. The van der Waals surface area contributed by atoms with Crippen LogP contribution < -0.4 is 15.0 Å². The maximum absolute atomic E-state index is 12.1. The van der Waals surface area contributed by atoms with E-state index in [1.54, 1.807) is 23.7 Å². The van der Waals surface area contributed by atoms with E-state index in [1.165, 1.54) is 35.9 Å². The Kier molecular flexibility index (Phi) is 7.07. The quantitative estimate of drug-likeness (QED) is 0.546. The normalized spacial score (nSPS) is 21.8. The van der Waals surface area contributed by atoms with Crippen molar-refractivity contribution in [3.63, 3.8) is 0 Å². The fourth-order valence-electron chi connectivity index (χ4n) is 5.04. The summed E-state index contributed by atoms with van der Waals surface area (Å²) >= 11 is 1.60. The lowest BCUT2D eigenvalue weighted by atomic mass is 9.84. The van der Waals surface area contributed by atoms with Crippen molar-refractivity contribution in [2.24, 2.45) is 5.92 Å². The summed E-state index contributed by atoms with van der Waals surface area (Å²) in [5, 5.41) is 4.33. The molecule has 1 N–H and O–H groups in total. The van der Waals surface area contributed by atoms with Gasteiger partial charge in [-0.05, 0) is 80.4 Å². The van der Waals surface area contributed by atoms with Crippen LogP contribution in [0.4, 0.5) is 10.6 Å². The van der Waals surface area contributed by atoms with Crippen LogP contribution in [0.15, 0.2) is 54.6 Å². The summed E-state index contributed by atoms with van der Waals surface area (Å²) < 4.78 is 11.4. The van der Waals surface area contributed by atoms with Crippen LogP contribution in [0.1, 0.15) is 32.1 Å². The second-order valence-electron chi connectivity index (χ2n) is 9.18. The van der Waals surface area contributed by atoms with Gasteiger partial charge in [-0.3, -0.25) is 4.90 Å². The lowest BCUT2D eigenvalue weighted by Gasteiger charge is -2.36. The fourth-order valence-corrected chi connectivity index (χ4v) is 5.83. The van der Waals surface area contributed by atoms with Gasteiger partial charge in [0.25, 0.3) is 0 Å². The third-order valence-corrected chi connectivity index (χ3v) is 7.82. The van der Waals surface area contributed by atoms with Crippen molar-refractivity contribution in [2.75, 3.05) is 37.6 Å². The van der Waals surface area contributed by atoms with Crippen molar-refractivity contribution in [3.8, 4) is 5.75 Å². The van der Waals surface area contributed by atoms with E-state index in [-0.39, 0.29) is 12.1 Å². The van der Waals surface area contributed by atoms with Gasteiger partial charge in [-0.15, -0.1) is 0 Å². The van der Waals surface area contributed by atoms with Gasteiger partial charge in [-0.25, -0.2) is 4.79 Å². The largest absolute Gasteiger partial charge is 0.412 e. The highest BCUT2D eigenvalue weighted by Crippen LogP contribution is 2.30. The molecule has 2 aliphatic rings. The Morgan fingerprint density at radius 3 is 2.48 bits per heavy atom. The molecule has 1 saturated carbocycles. The Morgan fingerprint density at radius 2 is 1.70 bits per heavy atom. The summed E-state index contributed by atoms with van der Waals surface area (Å²) in [5.74, 6) is 2.51. The molecule has 7 heteroatoms. The van der Waals surface area contributed by atoms with E-state index in [9.17, 15) is 4.79 Å².